The molecule has 3 aromatic rings. The average Bonchev–Trinajstić information content (AvgIpc) is 3.26. The lowest BCUT2D eigenvalue weighted by atomic mass is 10.1. The largest absolute Gasteiger partial charge is 0.497 e. The molecule has 0 aliphatic heterocycles. The lowest BCUT2D eigenvalue weighted by Crippen LogP contribution is -2.25. The van der Waals surface area contributed by atoms with Gasteiger partial charge in [0.05, 0.1) is 21.3 Å². The number of rotatable bonds is 10. The Bertz CT molecular complexity index is 986. The fourth-order valence-corrected chi connectivity index (χ4v) is 2.93. The van der Waals surface area contributed by atoms with Crippen molar-refractivity contribution in [3.63, 3.8) is 0 Å². The van der Waals surface area contributed by atoms with Gasteiger partial charge < -0.3 is 24.1 Å². The van der Waals surface area contributed by atoms with Crippen molar-refractivity contribution in [1.29, 1.82) is 0 Å². The summed E-state index contributed by atoms with van der Waals surface area (Å²) >= 11 is 0. The van der Waals surface area contributed by atoms with E-state index in [1.807, 2.05) is 42.5 Å². The van der Waals surface area contributed by atoms with Crippen LogP contribution in [0.1, 0.15) is 17.9 Å². The summed E-state index contributed by atoms with van der Waals surface area (Å²) in [6.07, 6.45) is 1.33. The third-order valence-electron chi connectivity index (χ3n) is 4.55. The molecule has 0 bridgehead atoms. The molecule has 158 valence electrons. The molecule has 1 heterocycles. The topological polar surface area (TPSA) is 95.7 Å². The summed E-state index contributed by atoms with van der Waals surface area (Å²) in [5.74, 6) is 2.88. The van der Waals surface area contributed by atoms with Crippen LogP contribution in [0.5, 0.6) is 17.2 Å². The van der Waals surface area contributed by atoms with Crippen molar-refractivity contribution in [1.82, 2.24) is 15.5 Å². The lowest BCUT2D eigenvalue weighted by molar-refractivity contribution is -0.121. The number of aryl methyl sites for hydroxylation is 1. The van der Waals surface area contributed by atoms with E-state index in [2.05, 4.69) is 15.5 Å². The Kier molecular flexibility index (Phi) is 7.26. The third kappa shape index (κ3) is 5.50. The zero-order valence-corrected chi connectivity index (χ0v) is 17.3. The Labute approximate surface area is 175 Å². The Morgan fingerprint density at radius 1 is 1.00 bits per heavy atom. The molecular weight excluding hydrogens is 386 g/mol. The van der Waals surface area contributed by atoms with Crippen LogP contribution in [0.25, 0.3) is 11.4 Å². The maximum absolute atomic E-state index is 12.1. The van der Waals surface area contributed by atoms with Crippen molar-refractivity contribution in [2.75, 3.05) is 27.9 Å². The highest BCUT2D eigenvalue weighted by Crippen LogP contribution is 2.27. The molecule has 0 saturated heterocycles. The van der Waals surface area contributed by atoms with Crippen molar-refractivity contribution >= 4 is 5.91 Å². The number of carbonyl (C=O) groups is 1. The number of methoxy groups -OCH3 is 3. The highest BCUT2D eigenvalue weighted by molar-refractivity contribution is 5.76. The van der Waals surface area contributed by atoms with E-state index < -0.39 is 0 Å². The van der Waals surface area contributed by atoms with Gasteiger partial charge in [0, 0.05) is 24.9 Å². The quantitative estimate of drug-likeness (QED) is 0.548. The van der Waals surface area contributed by atoms with Crippen molar-refractivity contribution in [2.24, 2.45) is 0 Å². The van der Waals surface area contributed by atoms with Gasteiger partial charge in [0.1, 0.15) is 5.75 Å². The first-order chi connectivity index (χ1) is 14.6. The zero-order valence-electron chi connectivity index (χ0n) is 17.3. The minimum atomic E-state index is -0.0726. The molecule has 3 rings (SSSR count). The van der Waals surface area contributed by atoms with Gasteiger partial charge in [0.2, 0.25) is 17.6 Å². The second kappa shape index (κ2) is 10.3. The van der Waals surface area contributed by atoms with E-state index in [0.29, 0.717) is 48.4 Å². The first-order valence-electron chi connectivity index (χ1n) is 9.57. The summed E-state index contributed by atoms with van der Waals surface area (Å²) < 4.78 is 21.0. The van der Waals surface area contributed by atoms with Crippen LogP contribution in [-0.2, 0) is 17.6 Å². The zero-order chi connectivity index (χ0) is 21.3. The SMILES string of the molecule is COc1cccc(-c2noc(CCC(=O)NCCc3ccc(OC)c(OC)c3)n2)c1. The minimum absolute atomic E-state index is 0.0726. The first-order valence-corrected chi connectivity index (χ1v) is 9.57. The number of nitrogens with one attached hydrogen (secondary N) is 1. The molecule has 0 radical (unpaired) electrons. The number of benzene rings is 2. The average molecular weight is 411 g/mol. The van der Waals surface area contributed by atoms with Crippen molar-refractivity contribution < 1.29 is 23.5 Å². The van der Waals surface area contributed by atoms with Crippen LogP contribution in [0.4, 0.5) is 0 Å². The number of hydrogen-bond donors (Lipinski definition) is 1. The van der Waals surface area contributed by atoms with Gasteiger partial charge in [-0.25, -0.2) is 0 Å². The van der Waals surface area contributed by atoms with E-state index in [-0.39, 0.29) is 12.3 Å². The number of amides is 1. The Balaban J connectivity index is 1.45. The molecule has 30 heavy (non-hydrogen) atoms. The molecule has 1 aromatic heterocycles. The normalized spacial score (nSPS) is 10.5. The van der Waals surface area contributed by atoms with E-state index in [1.54, 1.807) is 21.3 Å². The van der Waals surface area contributed by atoms with E-state index in [9.17, 15) is 4.79 Å². The van der Waals surface area contributed by atoms with Crippen LogP contribution in [0, 0.1) is 0 Å². The van der Waals surface area contributed by atoms with E-state index in [0.717, 1.165) is 11.1 Å². The van der Waals surface area contributed by atoms with E-state index >= 15 is 0 Å². The Morgan fingerprint density at radius 2 is 1.83 bits per heavy atom. The predicted molar refractivity (Wildman–Crippen MR) is 111 cm³/mol. The van der Waals surface area contributed by atoms with Crippen LogP contribution in [0.3, 0.4) is 0 Å². The molecule has 0 spiro atoms. The molecule has 2 aromatic carbocycles. The molecule has 0 unspecified atom stereocenters. The second-order valence-electron chi connectivity index (χ2n) is 6.53. The summed E-state index contributed by atoms with van der Waals surface area (Å²) in [6, 6.07) is 13.1. The molecule has 0 aliphatic rings. The van der Waals surface area contributed by atoms with Crippen LogP contribution in [-0.4, -0.2) is 43.9 Å². The summed E-state index contributed by atoms with van der Waals surface area (Å²) in [5.41, 5.74) is 1.84. The van der Waals surface area contributed by atoms with Gasteiger partial charge in [-0.15, -0.1) is 0 Å². The van der Waals surface area contributed by atoms with Gasteiger partial charge >= 0.3 is 0 Å². The standard InChI is InChI=1S/C22H25N3O5/c1-27-17-6-4-5-16(14-17)22-24-21(30-25-22)10-9-20(26)23-12-11-15-7-8-18(28-2)19(13-15)29-3/h4-8,13-14H,9-12H2,1-3H3,(H,23,26). The van der Waals surface area contributed by atoms with Gasteiger partial charge in [0.25, 0.3) is 0 Å². The summed E-state index contributed by atoms with van der Waals surface area (Å²) in [6.45, 7) is 0.521. The monoisotopic (exact) mass is 411 g/mol. The van der Waals surface area contributed by atoms with E-state index in [1.165, 1.54) is 0 Å². The molecule has 0 fully saturated rings. The molecule has 1 amide bonds. The predicted octanol–water partition coefficient (Wildman–Crippen LogP) is 3.05. The van der Waals surface area contributed by atoms with E-state index in [4.69, 9.17) is 18.7 Å². The van der Waals surface area contributed by atoms with Gasteiger partial charge in [-0.1, -0.05) is 23.4 Å². The fourth-order valence-electron chi connectivity index (χ4n) is 2.93. The highest BCUT2D eigenvalue weighted by Gasteiger charge is 2.11. The van der Waals surface area contributed by atoms with Gasteiger partial charge in [-0.2, -0.15) is 4.98 Å². The number of nitrogens with zero attached hydrogens (tertiary/aromatic N) is 2. The number of hydrogen-bond acceptors (Lipinski definition) is 7. The maximum atomic E-state index is 12.1. The first kappa shape index (κ1) is 21.2. The maximum Gasteiger partial charge on any atom is 0.227 e. The Hall–Kier alpha value is -3.55. The number of aromatic nitrogens is 2. The van der Waals surface area contributed by atoms with Crippen molar-refractivity contribution in [3.8, 4) is 28.6 Å². The molecule has 0 saturated carbocycles. The molecule has 0 aliphatic carbocycles. The molecule has 0 atom stereocenters. The minimum Gasteiger partial charge on any atom is -0.497 e. The molecule has 8 nitrogen and oxygen atoms in total. The molecule has 8 heteroatoms. The van der Waals surface area contributed by atoms with Crippen LogP contribution in [0.15, 0.2) is 47.0 Å². The van der Waals surface area contributed by atoms with Crippen molar-refractivity contribution in [3.05, 3.63) is 53.9 Å². The number of ether oxygens (including phenoxy) is 3. The van der Waals surface area contributed by atoms with Crippen molar-refractivity contribution in [2.45, 2.75) is 19.3 Å². The van der Waals surface area contributed by atoms with Gasteiger partial charge in [-0.3, -0.25) is 4.79 Å². The second-order valence-corrected chi connectivity index (χ2v) is 6.53. The summed E-state index contributed by atoms with van der Waals surface area (Å²) in [7, 11) is 4.80. The lowest BCUT2D eigenvalue weighted by Gasteiger charge is -2.10. The van der Waals surface area contributed by atoms with Crippen LogP contribution in [0.2, 0.25) is 0 Å². The molecule has 1 N–H and O–H groups in total. The van der Waals surface area contributed by atoms with Gasteiger partial charge in [0.15, 0.2) is 11.5 Å². The summed E-state index contributed by atoms with van der Waals surface area (Å²) in [4.78, 5) is 16.5. The van der Waals surface area contributed by atoms with Crippen LogP contribution < -0.4 is 19.5 Å². The van der Waals surface area contributed by atoms with Gasteiger partial charge in [-0.05, 0) is 36.2 Å². The smallest absolute Gasteiger partial charge is 0.227 e. The van der Waals surface area contributed by atoms with Crippen LogP contribution >= 0.6 is 0 Å². The number of carbonyl (C=O) groups excluding carboxylic acids is 1. The Morgan fingerprint density at radius 3 is 2.60 bits per heavy atom. The molecular formula is C22H25N3O5. The highest BCUT2D eigenvalue weighted by atomic mass is 16.5. The summed E-state index contributed by atoms with van der Waals surface area (Å²) in [5, 5.41) is 6.88. The third-order valence-corrected chi connectivity index (χ3v) is 4.55. The fraction of sp³-hybridized carbons (Fsp3) is 0.318.